The lowest BCUT2D eigenvalue weighted by molar-refractivity contribution is -0.152. The highest BCUT2D eigenvalue weighted by Crippen LogP contribution is 2.40. The highest BCUT2D eigenvalue weighted by Gasteiger charge is 2.43. The van der Waals surface area contributed by atoms with E-state index in [0.29, 0.717) is 11.9 Å². The van der Waals surface area contributed by atoms with E-state index >= 15 is 0 Å². The van der Waals surface area contributed by atoms with E-state index in [-0.39, 0.29) is 5.97 Å². The van der Waals surface area contributed by atoms with Gasteiger partial charge in [0.05, 0.1) is 6.61 Å². The molecule has 1 aromatic rings. The Hall–Kier alpha value is -0.590. The predicted octanol–water partition coefficient (Wildman–Crippen LogP) is 3.40. The number of aromatic nitrogens is 1. The zero-order valence-electron chi connectivity index (χ0n) is 12.4. The first-order valence-corrected chi connectivity index (χ1v) is 8.92. The molecule has 1 heterocycles. The van der Waals surface area contributed by atoms with Crippen molar-refractivity contribution in [3.63, 3.8) is 0 Å². The molecular weight excluding hydrogens is 352 g/mol. The van der Waals surface area contributed by atoms with E-state index in [0.717, 1.165) is 35.2 Å². The van der Waals surface area contributed by atoms with Crippen molar-refractivity contribution in [2.24, 2.45) is 0 Å². The van der Waals surface area contributed by atoms with Gasteiger partial charge >= 0.3 is 5.97 Å². The number of nitrogens with zero attached hydrogens (tertiary/aromatic N) is 1. The number of carbonyl (C=O) groups is 1. The van der Waals surface area contributed by atoms with Gasteiger partial charge in [-0.2, -0.15) is 0 Å². The van der Waals surface area contributed by atoms with Crippen molar-refractivity contribution in [2.45, 2.75) is 48.4 Å². The molecule has 0 radical (unpaired) electrons. The summed E-state index contributed by atoms with van der Waals surface area (Å²) < 4.78 is 6.27. The Morgan fingerprint density at radius 1 is 1.67 bits per heavy atom. The van der Waals surface area contributed by atoms with Gasteiger partial charge in [-0.05, 0) is 67.7 Å². The monoisotopic (exact) mass is 372 g/mol. The Bertz CT molecular complexity index is 500. The van der Waals surface area contributed by atoms with E-state index in [1.54, 1.807) is 18.0 Å². The lowest BCUT2D eigenvalue weighted by atomic mass is 9.81. The molecule has 1 aliphatic carbocycles. The molecule has 1 saturated carbocycles. The zero-order chi connectivity index (χ0) is 15.3. The summed E-state index contributed by atoms with van der Waals surface area (Å²) in [5.74, 6) is -0.127. The van der Waals surface area contributed by atoms with Crippen LogP contribution < -0.4 is 5.32 Å². The maximum atomic E-state index is 12.3. The zero-order valence-corrected chi connectivity index (χ0v) is 14.8. The summed E-state index contributed by atoms with van der Waals surface area (Å²) in [6.45, 7) is 2.27. The number of likely N-dealkylation sites (N-methyl/N-ethyl adjacent to an activating group) is 1. The topological polar surface area (TPSA) is 51.2 Å². The van der Waals surface area contributed by atoms with Crippen LogP contribution in [0.4, 0.5) is 0 Å². The third kappa shape index (κ3) is 3.99. The largest absolute Gasteiger partial charge is 0.465 e. The van der Waals surface area contributed by atoms with Gasteiger partial charge in [-0.25, -0.2) is 4.98 Å². The molecule has 0 aliphatic heterocycles. The summed E-state index contributed by atoms with van der Waals surface area (Å²) in [4.78, 5) is 16.7. The molecule has 1 N–H and O–H groups in total. The minimum atomic E-state index is -0.548. The molecule has 2 unspecified atom stereocenters. The SMILES string of the molecule is CCOC(=O)C1(NC)CCCC(Sc2ncccc2Br)C1. The first-order valence-electron chi connectivity index (χ1n) is 7.24. The molecule has 21 heavy (non-hydrogen) atoms. The minimum Gasteiger partial charge on any atom is -0.465 e. The number of rotatable bonds is 5. The van der Waals surface area contributed by atoms with Crippen LogP contribution in [0.1, 0.15) is 32.6 Å². The summed E-state index contributed by atoms with van der Waals surface area (Å²) in [7, 11) is 1.85. The van der Waals surface area contributed by atoms with Crippen molar-refractivity contribution in [3.8, 4) is 0 Å². The summed E-state index contributed by atoms with van der Waals surface area (Å²) in [6.07, 6.45) is 5.52. The standard InChI is InChI=1S/C15H21BrN2O2S/c1-3-20-14(19)15(17-2)8-4-6-11(10-15)21-13-12(16)7-5-9-18-13/h5,7,9,11,17H,3-4,6,8,10H2,1-2H3. The molecule has 0 spiro atoms. The lowest BCUT2D eigenvalue weighted by Crippen LogP contribution is -2.54. The molecule has 0 bridgehead atoms. The van der Waals surface area contributed by atoms with Gasteiger partial charge in [-0.3, -0.25) is 4.79 Å². The van der Waals surface area contributed by atoms with Crippen molar-refractivity contribution in [3.05, 3.63) is 22.8 Å². The highest BCUT2D eigenvalue weighted by atomic mass is 79.9. The number of esters is 1. The normalized spacial score (nSPS) is 25.6. The second-order valence-electron chi connectivity index (χ2n) is 5.18. The molecule has 0 saturated heterocycles. The maximum Gasteiger partial charge on any atom is 0.326 e. The average molecular weight is 373 g/mol. The summed E-state index contributed by atoms with van der Waals surface area (Å²) in [5, 5.41) is 4.56. The van der Waals surface area contributed by atoms with Gasteiger partial charge in [-0.1, -0.05) is 0 Å². The van der Waals surface area contributed by atoms with Gasteiger partial charge in [0, 0.05) is 15.9 Å². The molecule has 4 nitrogen and oxygen atoms in total. The third-order valence-corrected chi connectivity index (χ3v) is 6.04. The second-order valence-corrected chi connectivity index (χ2v) is 7.32. The van der Waals surface area contributed by atoms with Crippen LogP contribution >= 0.6 is 27.7 Å². The quantitative estimate of drug-likeness (QED) is 0.802. The van der Waals surface area contributed by atoms with Gasteiger partial charge in [0.1, 0.15) is 10.6 Å². The van der Waals surface area contributed by atoms with Gasteiger partial charge in [0.2, 0.25) is 0 Å². The average Bonchev–Trinajstić information content (AvgIpc) is 2.50. The van der Waals surface area contributed by atoms with Crippen molar-refractivity contribution in [2.75, 3.05) is 13.7 Å². The Morgan fingerprint density at radius 3 is 3.14 bits per heavy atom. The predicted molar refractivity (Wildman–Crippen MR) is 88.5 cm³/mol. The maximum absolute atomic E-state index is 12.3. The van der Waals surface area contributed by atoms with E-state index in [9.17, 15) is 4.79 Å². The number of nitrogens with one attached hydrogen (secondary N) is 1. The molecule has 1 aliphatic rings. The molecule has 0 amide bonds. The number of halogens is 1. The first-order chi connectivity index (χ1) is 10.1. The molecule has 2 rings (SSSR count). The van der Waals surface area contributed by atoms with E-state index < -0.39 is 5.54 Å². The second kappa shape index (κ2) is 7.61. The fourth-order valence-electron chi connectivity index (χ4n) is 2.72. The first kappa shape index (κ1) is 16.8. The van der Waals surface area contributed by atoms with Crippen molar-refractivity contribution in [1.29, 1.82) is 0 Å². The Labute approximate surface area is 138 Å². The van der Waals surface area contributed by atoms with Gasteiger partial charge < -0.3 is 10.1 Å². The minimum absolute atomic E-state index is 0.127. The lowest BCUT2D eigenvalue weighted by Gasteiger charge is -2.38. The molecule has 2 atom stereocenters. The van der Waals surface area contributed by atoms with Crippen LogP contribution in [0.25, 0.3) is 0 Å². The Morgan fingerprint density at radius 2 is 2.48 bits per heavy atom. The smallest absolute Gasteiger partial charge is 0.326 e. The van der Waals surface area contributed by atoms with E-state index in [4.69, 9.17) is 4.74 Å². The molecule has 0 aromatic carbocycles. The van der Waals surface area contributed by atoms with Crippen LogP contribution in [-0.4, -0.2) is 35.4 Å². The number of carbonyl (C=O) groups excluding carboxylic acids is 1. The van der Waals surface area contributed by atoms with E-state index in [2.05, 4.69) is 26.2 Å². The summed E-state index contributed by atoms with van der Waals surface area (Å²) in [5.41, 5.74) is -0.548. The van der Waals surface area contributed by atoms with Crippen molar-refractivity contribution in [1.82, 2.24) is 10.3 Å². The number of hydrogen-bond donors (Lipinski definition) is 1. The van der Waals surface area contributed by atoms with Gasteiger partial charge in [0.15, 0.2) is 0 Å². The molecule has 6 heteroatoms. The van der Waals surface area contributed by atoms with Gasteiger partial charge in [0.25, 0.3) is 0 Å². The molecule has 1 aromatic heterocycles. The van der Waals surface area contributed by atoms with Crippen LogP contribution in [-0.2, 0) is 9.53 Å². The highest BCUT2D eigenvalue weighted by molar-refractivity contribution is 9.10. The van der Waals surface area contributed by atoms with Crippen LogP contribution in [0.2, 0.25) is 0 Å². The summed E-state index contributed by atoms with van der Waals surface area (Å²) >= 11 is 5.27. The van der Waals surface area contributed by atoms with Gasteiger partial charge in [-0.15, -0.1) is 11.8 Å². The Kier molecular flexibility index (Phi) is 6.08. The van der Waals surface area contributed by atoms with Crippen LogP contribution in [0.5, 0.6) is 0 Å². The number of ether oxygens (including phenoxy) is 1. The van der Waals surface area contributed by atoms with E-state index in [1.807, 2.05) is 26.1 Å². The number of thioether (sulfide) groups is 1. The van der Waals surface area contributed by atoms with Crippen LogP contribution in [0, 0.1) is 0 Å². The van der Waals surface area contributed by atoms with Crippen molar-refractivity contribution < 1.29 is 9.53 Å². The molecule has 116 valence electrons. The van der Waals surface area contributed by atoms with Crippen LogP contribution in [0.15, 0.2) is 27.8 Å². The Balaban J connectivity index is 2.09. The fraction of sp³-hybridized carbons (Fsp3) is 0.600. The third-order valence-electron chi connectivity index (χ3n) is 3.85. The molecule has 1 fully saturated rings. The summed E-state index contributed by atoms with van der Waals surface area (Å²) in [6, 6.07) is 3.90. The molecular formula is C15H21BrN2O2S. The number of pyridine rings is 1. The number of hydrogen-bond acceptors (Lipinski definition) is 5. The van der Waals surface area contributed by atoms with Crippen molar-refractivity contribution >= 4 is 33.7 Å². The van der Waals surface area contributed by atoms with E-state index in [1.165, 1.54) is 0 Å². The van der Waals surface area contributed by atoms with Crippen LogP contribution in [0.3, 0.4) is 0 Å². The fourth-order valence-corrected chi connectivity index (χ4v) is 4.53.